The first-order valence-corrected chi connectivity index (χ1v) is 4.83. The summed E-state index contributed by atoms with van der Waals surface area (Å²) in [6.45, 7) is 1.46. The molecule has 0 aliphatic rings. The fourth-order valence-corrected chi connectivity index (χ4v) is 1.62. The summed E-state index contributed by atoms with van der Waals surface area (Å²) >= 11 is 0. The lowest BCUT2D eigenvalue weighted by Crippen LogP contribution is -2.03. The maximum Gasteiger partial charge on any atom is 0.144 e. The number of rotatable bonds is 4. The molecule has 1 aromatic carbocycles. The van der Waals surface area contributed by atoms with Gasteiger partial charge in [-0.3, -0.25) is 0 Å². The van der Waals surface area contributed by atoms with Crippen molar-refractivity contribution in [3.8, 4) is 5.75 Å². The number of hydrogen-bond acceptors (Lipinski definition) is 3. The van der Waals surface area contributed by atoms with Crippen molar-refractivity contribution >= 4 is 11.0 Å². The van der Waals surface area contributed by atoms with Crippen molar-refractivity contribution in [3.63, 3.8) is 0 Å². The van der Waals surface area contributed by atoms with Crippen LogP contribution in [0.1, 0.15) is 0 Å². The summed E-state index contributed by atoms with van der Waals surface area (Å²) in [6.07, 6.45) is 1.81. The second-order valence-electron chi connectivity index (χ2n) is 3.26. The molecule has 4 nitrogen and oxygen atoms in total. The Morgan fingerprint density at radius 2 is 2.20 bits per heavy atom. The van der Waals surface area contributed by atoms with E-state index in [9.17, 15) is 0 Å². The highest BCUT2D eigenvalue weighted by Crippen LogP contribution is 2.24. The van der Waals surface area contributed by atoms with Gasteiger partial charge in [-0.15, -0.1) is 0 Å². The molecule has 0 saturated heterocycles. The fourth-order valence-electron chi connectivity index (χ4n) is 1.62. The number of imidazole rings is 1. The van der Waals surface area contributed by atoms with Crippen LogP contribution in [0.25, 0.3) is 11.0 Å². The molecule has 1 heterocycles. The van der Waals surface area contributed by atoms with Crippen molar-refractivity contribution in [2.75, 3.05) is 20.8 Å². The molecule has 2 aromatic rings. The van der Waals surface area contributed by atoms with Gasteiger partial charge in [-0.05, 0) is 12.1 Å². The van der Waals surface area contributed by atoms with E-state index in [0.29, 0.717) is 6.61 Å². The normalized spacial score (nSPS) is 10.8. The Balaban J connectivity index is 2.46. The number of benzene rings is 1. The zero-order valence-corrected chi connectivity index (χ0v) is 8.93. The molecule has 1 aromatic heterocycles. The minimum absolute atomic E-state index is 0.670. The molecule has 0 aliphatic carbocycles. The molecule has 0 atom stereocenters. The quantitative estimate of drug-likeness (QED) is 0.763. The van der Waals surface area contributed by atoms with Gasteiger partial charge in [0.05, 0.1) is 25.6 Å². The minimum Gasteiger partial charge on any atom is -0.494 e. The van der Waals surface area contributed by atoms with Crippen LogP contribution >= 0.6 is 0 Å². The van der Waals surface area contributed by atoms with Gasteiger partial charge < -0.3 is 14.0 Å². The Bertz CT molecular complexity index is 451. The molecule has 2 rings (SSSR count). The van der Waals surface area contributed by atoms with E-state index >= 15 is 0 Å². The Hall–Kier alpha value is -1.55. The number of nitrogens with zero attached hydrogens (tertiary/aromatic N) is 2. The lowest BCUT2D eigenvalue weighted by atomic mass is 10.3. The lowest BCUT2D eigenvalue weighted by molar-refractivity contribution is 0.188. The summed E-state index contributed by atoms with van der Waals surface area (Å²) in [5.41, 5.74) is 1.97. The second kappa shape index (κ2) is 4.31. The second-order valence-corrected chi connectivity index (χ2v) is 3.26. The standard InChI is InChI=1S/C11H14N2O2/c1-14-7-6-13-8-12-9-4-3-5-10(15-2)11(9)13/h3-5,8H,6-7H2,1-2H3. The van der Waals surface area contributed by atoms with E-state index in [0.717, 1.165) is 23.3 Å². The summed E-state index contributed by atoms with van der Waals surface area (Å²) in [4.78, 5) is 4.31. The Morgan fingerprint density at radius 3 is 2.93 bits per heavy atom. The molecule has 4 heteroatoms. The van der Waals surface area contributed by atoms with E-state index in [1.54, 1.807) is 14.2 Å². The average Bonchev–Trinajstić information content (AvgIpc) is 2.69. The van der Waals surface area contributed by atoms with Gasteiger partial charge in [-0.25, -0.2) is 4.98 Å². The fraction of sp³-hybridized carbons (Fsp3) is 0.364. The number of methoxy groups -OCH3 is 2. The average molecular weight is 206 g/mol. The van der Waals surface area contributed by atoms with Crippen molar-refractivity contribution in [2.24, 2.45) is 0 Å². The Labute approximate surface area is 88.4 Å². The molecule has 0 unspecified atom stereocenters. The molecule has 0 fully saturated rings. The smallest absolute Gasteiger partial charge is 0.144 e. The molecule has 0 saturated carbocycles. The summed E-state index contributed by atoms with van der Waals surface area (Å²) in [5, 5.41) is 0. The molecule has 0 amide bonds. The zero-order chi connectivity index (χ0) is 10.7. The largest absolute Gasteiger partial charge is 0.494 e. The van der Waals surface area contributed by atoms with Gasteiger partial charge in [0.25, 0.3) is 0 Å². The van der Waals surface area contributed by atoms with E-state index in [4.69, 9.17) is 9.47 Å². The van der Waals surface area contributed by atoms with Crippen molar-refractivity contribution in [2.45, 2.75) is 6.54 Å². The zero-order valence-electron chi connectivity index (χ0n) is 8.93. The van der Waals surface area contributed by atoms with Gasteiger partial charge in [-0.1, -0.05) is 6.07 Å². The van der Waals surface area contributed by atoms with Crippen molar-refractivity contribution in [1.82, 2.24) is 9.55 Å². The van der Waals surface area contributed by atoms with Crippen LogP contribution in [0.2, 0.25) is 0 Å². The number of fused-ring (bicyclic) bond motifs is 1. The van der Waals surface area contributed by atoms with Crippen LogP contribution in [0.5, 0.6) is 5.75 Å². The first kappa shape index (κ1) is 9.98. The van der Waals surface area contributed by atoms with Crippen LogP contribution in [-0.2, 0) is 11.3 Å². The molecular formula is C11H14N2O2. The van der Waals surface area contributed by atoms with Crippen LogP contribution in [0.15, 0.2) is 24.5 Å². The number of para-hydroxylation sites is 1. The Morgan fingerprint density at radius 1 is 1.33 bits per heavy atom. The van der Waals surface area contributed by atoms with E-state index in [-0.39, 0.29) is 0 Å². The maximum atomic E-state index is 5.30. The number of aromatic nitrogens is 2. The van der Waals surface area contributed by atoms with Crippen molar-refractivity contribution < 1.29 is 9.47 Å². The molecule has 15 heavy (non-hydrogen) atoms. The van der Waals surface area contributed by atoms with Gasteiger partial charge >= 0.3 is 0 Å². The summed E-state index contributed by atoms with van der Waals surface area (Å²) in [5.74, 6) is 0.848. The van der Waals surface area contributed by atoms with Gasteiger partial charge in [0, 0.05) is 13.7 Å². The molecule has 80 valence electrons. The van der Waals surface area contributed by atoms with Crippen LogP contribution in [0.3, 0.4) is 0 Å². The van der Waals surface area contributed by atoms with E-state index in [1.807, 2.05) is 29.1 Å². The molecule has 0 spiro atoms. The van der Waals surface area contributed by atoms with E-state index < -0.39 is 0 Å². The first-order valence-electron chi connectivity index (χ1n) is 4.83. The predicted molar refractivity (Wildman–Crippen MR) is 58.2 cm³/mol. The summed E-state index contributed by atoms with van der Waals surface area (Å²) in [6, 6.07) is 5.85. The topological polar surface area (TPSA) is 36.3 Å². The molecule has 0 aliphatic heterocycles. The highest BCUT2D eigenvalue weighted by atomic mass is 16.5. The van der Waals surface area contributed by atoms with Crippen LogP contribution < -0.4 is 4.74 Å². The van der Waals surface area contributed by atoms with Gasteiger partial charge in [0.15, 0.2) is 0 Å². The monoisotopic (exact) mass is 206 g/mol. The van der Waals surface area contributed by atoms with Crippen LogP contribution in [-0.4, -0.2) is 30.4 Å². The van der Waals surface area contributed by atoms with Crippen LogP contribution in [0.4, 0.5) is 0 Å². The maximum absolute atomic E-state index is 5.30. The first-order chi connectivity index (χ1) is 7.36. The highest BCUT2D eigenvalue weighted by Gasteiger charge is 2.07. The van der Waals surface area contributed by atoms with E-state index in [1.165, 1.54) is 0 Å². The van der Waals surface area contributed by atoms with Gasteiger partial charge in [0.2, 0.25) is 0 Å². The third-order valence-corrected chi connectivity index (χ3v) is 2.36. The van der Waals surface area contributed by atoms with Gasteiger partial charge in [-0.2, -0.15) is 0 Å². The summed E-state index contributed by atoms with van der Waals surface area (Å²) in [7, 11) is 3.36. The molecule has 0 radical (unpaired) electrons. The van der Waals surface area contributed by atoms with E-state index in [2.05, 4.69) is 4.98 Å². The highest BCUT2D eigenvalue weighted by molar-refractivity contribution is 5.81. The lowest BCUT2D eigenvalue weighted by Gasteiger charge is -2.06. The third-order valence-electron chi connectivity index (χ3n) is 2.36. The minimum atomic E-state index is 0.670. The molecule has 0 N–H and O–H groups in total. The van der Waals surface area contributed by atoms with Crippen LogP contribution in [0, 0.1) is 0 Å². The SMILES string of the molecule is COCCn1cnc2cccc(OC)c21. The predicted octanol–water partition coefficient (Wildman–Crippen LogP) is 1.69. The molecule has 0 bridgehead atoms. The number of hydrogen-bond donors (Lipinski definition) is 0. The summed E-state index contributed by atoms with van der Waals surface area (Å²) < 4.78 is 12.4. The van der Waals surface area contributed by atoms with Gasteiger partial charge in [0.1, 0.15) is 11.3 Å². The Kier molecular flexibility index (Phi) is 2.87. The van der Waals surface area contributed by atoms with Crippen molar-refractivity contribution in [3.05, 3.63) is 24.5 Å². The molecular weight excluding hydrogens is 192 g/mol. The number of ether oxygens (including phenoxy) is 2. The van der Waals surface area contributed by atoms with Crippen molar-refractivity contribution in [1.29, 1.82) is 0 Å². The third kappa shape index (κ3) is 1.80.